The molecular weight excluding hydrogens is 216 g/mol. The second-order valence-electron chi connectivity index (χ2n) is 2.95. The molecule has 4 atom stereocenters. The van der Waals surface area contributed by atoms with Gasteiger partial charge < -0.3 is 30.6 Å². The third-order valence-electron chi connectivity index (χ3n) is 1.68. The van der Waals surface area contributed by atoms with Crippen molar-refractivity contribution in [3.8, 4) is 0 Å². The molecule has 0 radical (unpaired) electrons. The number of aliphatic hydroxyl groups excluding tert-OH is 6. The molecule has 0 aliphatic rings. The van der Waals surface area contributed by atoms with Crippen LogP contribution in [-0.4, -0.2) is 68.3 Å². The summed E-state index contributed by atoms with van der Waals surface area (Å²) in [5.41, 5.74) is 0. The van der Waals surface area contributed by atoms with Crippen LogP contribution in [0.25, 0.3) is 0 Å². The molecule has 96 valence electrons. The Bertz CT molecular complexity index is 164. The van der Waals surface area contributed by atoms with E-state index in [2.05, 4.69) is 13.2 Å². The minimum Gasteiger partial charge on any atom is -0.394 e. The summed E-state index contributed by atoms with van der Waals surface area (Å²) < 4.78 is 0. The predicted molar refractivity (Wildman–Crippen MR) is 58.6 cm³/mol. The molecule has 0 aromatic heterocycles. The highest BCUT2D eigenvalue weighted by molar-refractivity contribution is 4.88. The number of allylic oxidation sites excluding steroid dienone is 2. The van der Waals surface area contributed by atoms with Crippen LogP contribution in [0.4, 0.5) is 0 Å². The number of hydrogen-bond donors (Lipinski definition) is 6. The minimum absolute atomic E-state index is 0.726. The maximum Gasteiger partial charge on any atom is 0.111 e. The zero-order chi connectivity index (χ0) is 13.1. The van der Waals surface area contributed by atoms with Crippen molar-refractivity contribution >= 4 is 0 Å². The van der Waals surface area contributed by atoms with Crippen LogP contribution in [0.5, 0.6) is 0 Å². The summed E-state index contributed by atoms with van der Waals surface area (Å²) >= 11 is 0. The maximum absolute atomic E-state index is 8.96. The molecule has 0 amide bonds. The van der Waals surface area contributed by atoms with Crippen molar-refractivity contribution in [1.29, 1.82) is 0 Å². The van der Waals surface area contributed by atoms with Crippen molar-refractivity contribution in [3.05, 3.63) is 25.3 Å². The van der Waals surface area contributed by atoms with E-state index < -0.39 is 37.6 Å². The van der Waals surface area contributed by atoms with Crippen LogP contribution < -0.4 is 0 Å². The topological polar surface area (TPSA) is 121 Å². The van der Waals surface area contributed by atoms with Crippen molar-refractivity contribution < 1.29 is 30.6 Å². The molecule has 0 aromatic carbocycles. The molecule has 0 aliphatic carbocycles. The van der Waals surface area contributed by atoms with Crippen LogP contribution in [0, 0.1) is 0 Å². The molecule has 0 unspecified atom stereocenters. The van der Waals surface area contributed by atoms with Crippen molar-refractivity contribution in [2.24, 2.45) is 0 Å². The highest BCUT2D eigenvalue weighted by Crippen LogP contribution is 2.03. The summed E-state index contributed by atoms with van der Waals surface area (Å²) in [6, 6.07) is 0. The van der Waals surface area contributed by atoms with Crippen molar-refractivity contribution in [1.82, 2.24) is 0 Å². The van der Waals surface area contributed by atoms with E-state index >= 15 is 0 Å². The standard InChI is InChI=1S/C6H14O6.C4H6/c7-1-3(9)5(11)6(12)4(10)2-8;1-3-4-2/h3-12H,1-2H2;3-4H,1-2H2/t3-,4+,5-,6-;/m1./s1. The zero-order valence-corrected chi connectivity index (χ0v) is 8.98. The van der Waals surface area contributed by atoms with Gasteiger partial charge in [-0.05, 0) is 0 Å². The van der Waals surface area contributed by atoms with E-state index in [1.54, 1.807) is 12.2 Å². The summed E-state index contributed by atoms with van der Waals surface area (Å²) in [5, 5.41) is 52.2. The molecule has 0 aliphatic heterocycles. The van der Waals surface area contributed by atoms with Gasteiger partial charge in [0.2, 0.25) is 0 Å². The first-order valence-electron chi connectivity index (χ1n) is 4.63. The lowest BCUT2D eigenvalue weighted by Crippen LogP contribution is -2.46. The van der Waals surface area contributed by atoms with E-state index in [1.165, 1.54) is 0 Å². The monoisotopic (exact) mass is 236 g/mol. The molecule has 0 saturated carbocycles. The van der Waals surface area contributed by atoms with E-state index in [-0.39, 0.29) is 0 Å². The van der Waals surface area contributed by atoms with Crippen LogP contribution >= 0.6 is 0 Å². The van der Waals surface area contributed by atoms with Gasteiger partial charge >= 0.3 is 0 Å². The van der Waals surface area contributed by atoms with Gasteiger partial charge in [-0.2, -0.15) is 0 Å². The molecule has 6 heteroatoms. The molecule has 0 aromatic rings. The van der Waals surface area contributed by atoms with Crippen molar-refractivity contribution in [2.75, 3.05) is 13.2 Å². The Kier molecular flexibility index (Phi) is 11.8. The third-order valence-corrected chi connectivity index (χ3v) is 1.68. The summed E-state index contributed by atoms with van der Waals surface area (Å²) in [6.45, 7) is 5.27. The highest BCUT2D eigenvalue weighted by Gasteiger charge is 2.29. The second kappa shape index (κ2) is 10.7. The van der Waals surface area contributed by atoms with Crippen LogP contribution in [0.1, 0.15) is 0 Å². The van der Waals surface area contributed by atoms with E-state index in [4.69, 9.17) is 30.6 Å². The summed E-state index contributed by atoms with van der Waals surface area (Å²) in [7, 11) is 0. The first kappa shape index (κ1) is 17.6. The second-order valence-corrected chi connectivity index (χ2v) is 2.95. The molecule has 6 nitrogen and oxygen atoms in total. The average Bonchev–Trinajstić information content (AvgIpc) is 2.34. The summed E-state index contributed by atoms with van der Waals surface area (Å²) in [4.78, 5) is 0. The van der Waals surface area contributed by atoms with Gasteiger partial charge in [-0.25, -0.2) is 0 Å². The fourth-order valence-corrected chi connectivity index (χ4v) is 0.671. The molecule has 0 saturated heterocycles. The Hall–Kier alpha value is -0.760. The lowest BCUT2D eigenvalue weighted by molar-refractivity contribution is -0.123. The van der Waals surface area contributed by atoms with Gasteiger partial charge in [0.15, 0.2) is 0 Å². The lowest BCUT2D eigenvalue weighted by atomic mass is 10.0. The molecule has 0 spiro atoms. The Morgan fingerprint density at radius 1 is 0.750 bits per heavy atom. The fourth-order valence-electron chi connectivity index (χ4n) is 0.671. The lowest BCUT2D eigenvalue weighted by Gasteiger charge is -2.24. The Morgan fingerprint density at radius 2 is 1.00 bits per heavy atom. The van der Waals surface area contributed by atoms with Crippen molar-refractivity contribution in [2.45, 2.75) is 24.4 Å². The Morgan fingerprint density at radius 3 is 1.12 bits per heavy atom. The highest BCUT2D eigenvalue weighted by atomic mass is 16.4. The van der Waals surface area contributed by atoms with Crippen LogP contribution in [0.3, 0.4) is 0 Å². The van der Waals surface area contributed by atoms with Crippen LogP contribution in [-0.2, 0) is 0 Å². The smallest absolute Gasteiger partial charge is 0.111 e. The average molecular weight is 236 g/mol. The van der Waals surface area contributed by atoms with Crippen molar-refractivity contribution in [3.63, 3.8) is 0 Å². The third kappa shape index (κ3) is 7.52. The molecule has 0 fully saturated rings. The number of hydrogen-bond acceptors (Lipinski definition) is 6. The fraction of sp³-hybridized carbons (Fsp3) is 0.600. The van der Waals surface area contributed by atoms with Gasteiger partial charge in [0.05, 0.1) is 13.2 Å². The predicted octanol–water partition coefficient (Wildman–Crippen LogP) is -2.23. The normalized spacial score (nSPS) is 17.4. The van der Waals surface area contributed by atoms with Gasteiger partial charge in [-0.15, -0.1) is 0 Å². The van der Waals surface area contributed by atoms with Gasteiger partial charge in [0.1, 0.15) is 24.4 Å². The molecule has 6 N–H and O–H groups in total. The first-order valence-corrected chi connectivity index (χ1v) is 4.63. The van der Waals surface area contributed by atoms with Gasteiger partial charge in [-0.3, -0.25) is 0 Å². The molecule has 0 bridgehead atoms. The van der Waals surface area contributed by atoms with Gasteiger partial charge in [0.25, 0.3) is 0 Å². The van der Waals surface area contributed by atoms with E-state index in [9.17, 15) is 0 Å². The molecule has 16 heavy (non-hydrogen) atoms. The van der Waals surface area contributed by atoms with E-state index in [1.807, 2.05) is 0 Å². The summed E-state index contributed by atoms with van der Waals surface area (Å²) in [5.74, 6) is 0. The zero-order valence-electron chi connectivity index (χ0n) is 8.98. The number of rotatable bonds is 6. The Labute approximate surface area is 94.4 Å². The van der Waals surface area contributed by atoms with Gasteiger partial charge in [-0.1, -0.05) is 25.3 Å². The SMILES string of the molecule is C=CC=C.OC[C@@H](O)[C@@H](O)[C@H](O)[C@@H](O)CO. The first-order chi connectivity index (χ1) is 7.45. The molecule has 0 rings (SSSR count). The van der Waals surface area contributed by atoms with Crippen LogP contribution in [0.2, 0.25) is 0 Å². The largest absolute Gasteiger partial charge is 0.394 e. The maximum atomic E-state index is 8.96. The van der Waals surface area contributed by atoms with Crippen LogP contribution in [0.15, 0.2) is 25.3 Å². The van der Waals surface area contributed by atoms with Gasteiger partial charge in [0, 0.05) is 0 Å². The molecule has 0 heterocycles. The summed E-state index contributed by atoms with van der Waals surface area (Å²) in [6.07, 6.45) is -3.11. The molecular formula is C10H20O6. The quantitative estimate of drug-likeness (QED) is 0.290. The Balaban J connectivity index is 0. The number of aliphatic hydroxyl groups is 6. The van der Waals surface area contributed by atoms with E-state index in [0.717, 1.165) is 0 Å². The van der Waals surface area contributed by atoms with E-state index in [0.29, 0.717) is 0 Å². The minimum atomic E-state index is -1.67.